The third kappa shape index (κ3) is 6.20. The molecule has 0 aliphatic carbocycles. The molecule has 1 N–H and O–H groups in total. The lowest BCUT2D eigenvalue weighted by Gasteiger charge is -2.09. The van der Waals surface area contributed by atoms with Crippen molar-refractivity contribution >= 4 is 39.3 Å². The summed E-state index contributed by atoms with van der Waals surface area (Å²) in [6.07, 6.45) is 1.77. The van der Waals surface area contributed by atoms with Crippen molar-refractivity contribution < 1.29 is 9.53 Å². The number of rotatable bonds is 9. The number of benzene rings is 2. The SMILES string of the molecule is C=CCn1c(COc2ccc(C)cc2)nnc1SCC(=O)Nc1cccc(Br)c1. The Morgan fingerprint density at radius 3 is 2.79 bits per heavy atom. The van der Waals surface area contributed by atoms with Crippen molar-refractivity contribution in [2.75, 3.05) is 11.1 Å². The van der Waals surface area contributed by atoms with Gasteiger partial charge < -0.3 is 10.1 Å². The van der Waals surface area contributed by atoms with Gasteiger partial charge in [0.05, 0.1) is 5.75 Å². The Hall–Kier alpha value is -2.58. The van der Waals surface area contributed by atoms with Gasteiger partial charge in [0.15, 0.2) is 11.0 Å². The van der Waals surface area contributed by atoms with Crippen LogP contribution in [-0.4, -0.2) is 26.4 Å². The fourth-order valence-corrected chi connectivity index (χ4v) is 3.69. The van der Waals surface area contributed by atoms with Gasteiger partial charge in [-0.2, -0.15) is 0 Å². The molecule has 0 aliphatic rings. The third-order valence-electron chi connectivity index (χ3n) is 3.93. The fourth-order valence-electron chi connectivity index (χ4n) is 2.52. The van der Waals surface area contributed by atoms with Crippen LogP contribution in [0.1, 0.15) is 11.4 Å². The van der Waals surface area contributed by atoms with Gasteiger partial charge in [-0.1, -0.05) is 57.5 Å². The summed E-state index contributed by atoms with van der Waals surface area (Å²) < 4.78 is 8.62. The summed E-state index contributed by atoms with van der Waals surface area (Å²) >= 11 is 4.72. The summed E-state index contributed by atoms with van der Waals surface area (Å²) in [7, 11) is 0. The number of nitrogens with zero attached hydrogens (tertiary/aromatic N) is 3. The number of carbonyl (C=O) groups excluding carboxylic acids is 1. The number of carbonyl (C=O) groups is 1. The molecule has 0 unspecified atom stereocenters. The minimum Gasteiger partial charge on any atom is -0.486 e. The fraction of sp³-hybridized carbons (Fsp3) is 0.190. The molecule has 3 rings (SSSR count). The van der Waals surface area contributed by atoms with Crippen LogP contribution in [0, 0.1) is 6.92 Å². The number of aryl methyl sites for hydroxylation is 1. The number of thioether (sulfide) groups is 1. The van der Waals surface area contributed by atoms with E-state index in [1.165, 1.54) is 17.3 Å². The van der Waals surface area contributed by atoms with Gasteiger partial charge in [-0.3, -0.25) is 9.36 Å². The van der Waals surface area contributed by atoms with Gasteiger partial charge in [-0.25, -0.2) is 0 Å². The molecule has 0 aliphatic heterocycles. The maximum Gasteiger partial charge on any atom is 0.234 e. The number of hydrogen-bond donors (Lipinski definition) is 1. The average Bonchev–Trinajstić information content (AvgIpc) is 3.08. The second-order valence-electron chi connectivity index (χ2n) is 6.25. The molecule has 0 fully saturated rings. The predicted octanol–water partition coefficient (Wildman–Crippen LogP) is 4.84. The highest BCUT2D eigenvalue weighted by Crippen LogP contribution is 2.20. The molecule has 2 aromatic carbocycles. The molecule has 0 atom stereocenters. The van der Waals surface area contributed by atoms with E-state index in [2.05, 4.69) is 38.0 Å². The van der Waals surface area contributed by atoms with Gasteiger partial charge in [-0.15, -0.1) is 16.8 Å². The van der Waals surface area contributed by atoms with Crippen molar-refractivity contribution in [1.82, 2.24) is 14.8 Å². The van der Waals surface area contributed by atoms with E-state index in [-0.39, 0.29) is 18.3 Å². The zero-order chi connectivity index (χ0) is 20.6. The maximum absolute atomic E-state index is 12.3. The maximum atomic E-state index is 12.3. The lowest BCUT2D eigenvalue weighted by atomic mass is 10.2. The van der Waals surface area contributed by atoms with E-state index in [4.69, 9.17) is 4.74 Å². The molecule has 1 heterocycles. The zero-order valence-corrected chi connectivity index (χ0v) is 18.4. The molecular formula is C21H21BrN4O2S. The van der Waals surface area contributed by atoms with E-state index in [9.17, 15) is 4.79 Å². The van der Waals surface area contributed by atoms with Gasteiger partial charge in [0, 0.05) is 16.7 Å². The first kappa shape index (κ1) is 21.1. The van der Waals surface area contributed by atoms with Crippen molar-refractivity contribution in [3.05, 3.63) is 77.0 Å². The van der Waals surface area contributed by atoms with E-state index in [1.807, 2.05) is 60.0 Å². The molecule has 150 valence electrons. The molecule has 6 nitrogen and oxygen atoms in total. The molecule has 1 aromatic heterocycles. The highest BCUT2D eigenvalue weighted by atomic mass is 79.9. The standard InChI is InChI=1S/C21H21BrN4O2S/c1-3-11-26-19(13-28-18-9-7-15(2)8-10-18)24-25-21(26)29-14-20(27)23-17-6-4-5-16(22)12-17/h3-10,12H,1,11,13-14H2,2H3,(H,23,27). The van der Waals surface area contributed by atoms with E-state index in [0.29, 0.717) is 17.5 Å². The van der Waals surface area contributed by atoms with Crippen LogP contribution in [0.25, 0.3) is 0 Å². The normalized spacial score (nSPS) is 10.6. The summed E-state index contributed by atoms with van der Waals surface area (Å²) in [5.74, 6) is 1.56. The minimum atomic E-state index is -0.112. The summed E-state index contributed by atoms with van der Waals surface area (Å²) in [6, 6.07) is 15.3. The van der Waals surface area contributed by atoms with Gasteiger partial charge in [-0.05, 0) is 37.3 Å². The Morgan fingerprint density at radius 1 is 1.28 bits per heavy atom. The number of hydrogen-bond acceptors (Lipinski definition) is 5. The molecule has 0 saturated carbocycles. The summed E-state index contributed by atoms with van der Waals surface area (Å²) in [6.45, 7) is 6.65. The van der Waals surface area contributed by atoms with Gasteiger partial charge >= 0.3 is 0 Å². The van der Waals surface area contributed by atoms with Gasteiger partial charge in [0.25, 0.3) is 0 Å². The van der Waals surface area contributed by atoms with E-state index in [1.54, 1.807) is 6.08 Å². The Labute approximate surface area is 182 Å². The van der Waals surface area contributed by atoms with E-state index in [0.717, 1.165) is 15.9 Å². The predicted molar refractivity (Wildman–Crippen MR) is 119 cm³/mol. The van der Waals surface area contributed by atoms with Crippen molar-refractivity contribution in [3.8, 4) is 5.75 Å². The minimum absolute atomic E-state index is 0.112. The number of halogens is 1. The number of amides is 1. The molecule has 0 radical (unpaired) electrons. The molecular weight excluding hydrogens is 452 g/mol. The van der Waals surface area contributed by atoms with Gasteiger partial charge in [0.2, 0.25) is 5.91 Å². The zero-order valence-electron chi connectivity index (χ0n) is 16.0. The lowest BCUT2D eigenvalue weighted by Crippen LogP contribution is -2.15. The molecule has 1 amide bonds. The van der Waals surface area contributed by atoms with Crippen LogP contribution in [0.3, 0.4) is 0 Å². The van der Waals surface area contributed by atoms with Gasteiger partial charge in [0.1, 0.15) is 12.4 Å². The Morgan fingerprint density at radius 2 is 2.07 bits per heavy atom. The van der Waals surface area contributed by atoms with Crippen LogP contribution in [0.5, 0.6) is 5.75 Å². The highest BCUT2D eigenvalue weighted by molar-refractivity contribution is 9.10. The van der Waals surface area contributed by atoms with Crippen LogP contribution in [0.2, 0.25) is 0 Å². The van der Waals surface area contributed by atoms with E-state index < -0.39 is 0 Å². The first-order valence-electron chi connectivity index (χ1n) is 8.96. The topological polar surface area (TPSA) is 69.0 Å². The summed E-state index contributed by atoms with van der Waals surface area (Å²) in [4.78, 5) is 12.3. The van der Waals surface area contributed by atoms with E-state index >= 15 is 0 Å². The second-order valence-corrected chi connectivity index (χ2v) is 8.11. The first-order chi connectivity index (χ1) is 14.0. The van der Waals surface area contributed by atoms with Crippen molar-refractivity contribution in [1.29, 1.82) is 0 Å². The van der Waals surface area contributed by atoms with Crippen LogP contribution < -0.4 is 10.1 Å². The quantitative estimate of drug-likeness (QED) is 0.356. The molecule has 3 aromatic rings. The Kier molecular flexibility index (Phi) is 7.48. The van der Waals surface area contributed by atoms with Crippen LogP contribution in [0.15, 0.2) is 70.8 Å². The van der Waals surface area contributed by atoms with Crippen LogP contribution in [-0.2, 0) is 17.9 Å². The summed E-state index contributed by atoms with van der Waals surface area (Å²) in [5.41, 5.74) is 1.91. The molecule has 0 spiro atoms. The number of aromatic nitrogens is 3. The largest absolute Gasteiger partial charge is 0.486 e. The monoisotopic (exact) mass is 472 g/mol. The Bertz CT molecular complexity index is 989. The summed E-state index contributed by atoms with van der Waals surface area (Å²) in [5, 5.41) is 12.0. The van der Waals surface area contributed by atoms with Crippen LogP contribution >= 0.6 is 27.7 Å². The first-order valence-corrected chi connectivity index (χ1v) is 10.7. The number of nitrogens with one attached hydrogen (secondary N) is 1. The molecule has 0 saturated heterocycles. The second kappa shape index (κ2) is 10.3. The molecule has 8 heteroatoms. The third-order valence-corrected chi connectivity index (χ3v) is 5.39. The van der Waals surface area contributed by atoms with Crippen molar-refractivity contribution in [2.24, 2.45) is 0 Å². The smallest absolute Gasteiger partial charge is 0.234 e. The number of allylic oxidation sites excluding steroid dienone is 1. The average molecular weight is 473 g/mol. The van der Waals surface area contributed by atoms with Crippen molar-refractivity contribution in [3.63, 3.8) is 0 Å². The Balaban J connectivity index is 1.60. The lowest BCUT2D eigenvalue weighted by molar-refractivity contribution is -0.113. The van der Waals surface area contributed by atoms with Crippen LogP contribution in [0.4, 0.5) is 5.69 Å². The molecule has 0 bridgehead atoms. The number of anilines is 1. The molecule has 29 heavy (non-hydrogen) atoms. The number of ether oxygens (including phenoxy) is 1. The van der Waals surface area contributed by atoms with Crippen molar-refractivity contribution in [2.45, 2.75) is 25.2 Å². The highest BCUT2D eigenvalue weighted by Gasteiger charge is 2.14.